The van der Waals surface area contributed by atoms with E-state index >= 15 is 0 Å². The summed E-state index contributed by atoms with van der Waals surface area (Å²) in [4.78, 5) is 28.9. The number of amides is 2. The van der Waals surface area contributed by atoms with Crippen LogP contribution in [0.15, 0.2) is 61.2 Å². The monoisotopic (exact) mass is 471 g/mol. The van der Waals surface area contributed by atoms with Crippen LogP contribution in [0.3, 0.4) is 0 Å². The van der Waals surface area contributed by atoms with Gasteiger partial charge in [-0.3, -0.25) is 9.59 Å². The number of hydrogen-bond donors (Lipinski definition) is 1. The molecular weight excluding hydrogens is 446 g/mol. The number of hydrogen-bond acceptors (Lipinski definition) is 4. The third-order valence-corrected chi connectivity index (χ3v) is 5.63. The van der Waals surface area contributed by atoms with Crippen LogP contribution < -0.4 is 15.0 Å². The van der Waals surface area contributed by atoms with Gasteiger partial charge >= 0.3 is 0 Å². The number of anilines is 2. The molecule has 168 valence electrons. The summed E-state index contributed by atoms with van der Waals surface area (Å²) in [5, 5.41) is 4.05. The van der Waals surface area contributed by atoms with E-state index in [4.69, 9.17) is 28.6 Å². The number of carbonyl (C=O) groups is 2. The van der Waals surface area contributed by atoms with Crippen LogP contribution in [-0.4, -0.2) is 41.0 Å². The number of nitrogens with one attached hydrogen (secondary N) is 1. The van der Waals surface area contributed by atoms with Gasteiger partial charge in [0.2, 0.25) is 5.91 Å². The standard InChI is InChI=1S/C24H26ClN3O3S/c1-3-5-15-31-20-12-10-19(11-13-20)28-22(29)16-21(23(28)30)27(14-4-2)24(32)26-18-8-6-17(25)7-9-18/h4,6-13,21H,2-3,5,14-16H2,1H3,(H,26,32). The molecule has 6 nitrogen and oxygen atoms in total. The fraction of sp³-hybridized carbons (Fsp3) is 0.292. The van der Waals surface area contributed by atoms with E-state index in [0.717, 1.165) is 18.5 Å². The van der Waals surface area contributed by atoms with Crippen LogP contribution in [-0.2, 0) is 9.59 Å². The highest BCUT2D eigenvalue weighted by atomic mass is 35.5. The molecule has 0 saturated carbocycles. The quantitative estimate of drug-likeness (QED) is 0.239. The van der Waals surface area contributed by atoms with Crippen molar-refractivity contribution in [3.63, 3.8) is 0 Å². The molecule has 1 atom stereocenters. The van der Waals surface area contributed by atoms with E-state index in [2.05, 4.69) is 18.8 Å². The first-order chi connectivity index (χ1) is 15.4. The Morgan fingerprint density at radius 3 is 2.56 bits per heavy atom. The Balaban J connectivity index is 1.73. The average molecular weight is 472 g/mol. The van der Waals surface area contributed by atoms with Crippen molar-refractivity contribution in [1.29, 1.82) is 0 Å². The normalized spacial score (nSPS) is 15.6. The molecule has 1 aliphatic heterocycles. The van der Waals surface area contributed by atoms with E-state index in [9.17, 15) is 9.59 Å². The summed E-state index contributed by atoms with van der Waals surface area (Å²) >= 11 is 11.5. The smallest absolute Gasteiger partial charge is 0.257 e. The zero-order valence-corrected chi connectivity index (χ0v) is 19.5. The number of nitrogens with zero attached hydrogens (tertiary/aromatic N) is 2. The average Bonchev–Trinajstić information content (AvgIpc) is 3.08. The zero-order valence-electron chi connectivity index (χ0n) is 17.9. The lowest BCUT2D eigenvalue weighted by Gasteiger charge is -2.29. The van der Waals surface area contributed by atoms with Crippen LogP contribution in [0, 0.1) is 0 Å². The molecule has 1 saturated heterocycles. The van der Waals surface area contributed by atoms with Gasteiger partial charge in [-0.2, -0.15) is 0 Å². The van der Waals surface area contributed by atoms with Crippen LogP contribution in [0.5, 0.6) is 5.75 Å². The molecule has 1 N–H and O–H groups in total. The fourth-order valence-electron chi connectivity index (χ4n) is 3.38. The third kappa shape index (κ3) is 5.66. The molecule has 1 fully saturated rings. The maximum Gasteiger partial charge on any atom is 0.257 e. The Kier molecular flexibility index (Phi) is 8.25. The molecule has 2 aromatic rings. The molecule has 1 heterocycles. The molecule has 8 heteroatoms. The number of ether oxygens (including phenoxy) is 1. The van der Waals surface area contributed by atoms with Gasteiger partial charge in [-0.15, -0.1) is 6.58 Å². The lowest BCUT2D eigenvalue weighted by atomic mass is 10.2. The summed E-state index contributed by atoms with van der Waals surface area (Å²) in [6.45, 7) is 6.81. The van der Waals surface area contributed by atoms with Crippen LogP contribution in [0.1, 0.15) is 26.2 Å². The molecule has 0 aromatic heterocycles. The highest BCUT2D eigenvalue weighted by Crippen LogP contribution is 2.28. The first-order valence-electron chi connectivity index (χ1n) is 10.5. The fourth-order valence-corrected chi connectivity index (χ4v) is 3.82. The summed E-state index contributed by atoms with van der Waals surface area (Å²) in [5.41, 5.74) is 1.25. The lowest BCUT2D eigenvalue weighted by Crippen LogP contribution is -2.47. The second-order valence-electron chi connectivity index (χ2n) is 7.36. The van der Waals surface area contributed by atoms with E-state index in [-0.39, 0.29) is 18.2 Å². The second-order valence-corrected chi connectivity index (χ2v) is 8.18. The maximum absolute atomic E-state index is 13.2. The van der Waals surface area contributed by atoms with Crippen molar-refractivity contribution in [3.05, 3.63) is 66.2 Å². The lowest BCUT2D eigenvalue weighted by molar-refractivity contribution is -0.122. The van der Waals surface area contributed by atoms with E-state index in [1.807, 2.05) is 0 Å². The number of unbranched alkanes of at least 4 members (excludes halogenated alkanes) is 1. The van der Waals surface area contributed by atoms with E-state index in [1.165, 1.54) is 4.90 Å². The van der Waals surface area contributed by atoms with E-state index in [0.29, 0.717) is 34.7 Å². The summed E-state index contributed by atoms with van der Waals surface area (Å²) in [7, 11) is 0. The molecular formula is C24H26ClN3O3S. The molecule has 0 spiro atoms. The minimum absolute atomic E-state index is 0.0316. The van der Waals surface area contributed by atoms with Gasteiger partial charge in [0.05, 0.1) is 18.7 Å². The van der Waals surface area contributed by atoms with E-state index < -0.39 is 6.04 Å². The molecule has 0 aliphatic carbocycles. The minimum Gasteiger partial charge on any atom is -0.494 e. The maximum atomic E-state index is 13.2. The number of rotatable bonds is 9. The molecule has 3 rings (SSSR count). The topological polar surface area (TPSA) is 61.9 Å². The van der Waals surface area contributed by atoms with E-state index in [1.54, 1.807) is 59.5 Å². The minimum atomic E-state index is -0.715. The van der Waals surface area contributed by atoms with Crippen molar-refractivity contribution in [2.45, 2.75) is 32.2 Å². The third-order valence-electron chi connectivity index (χ3n) is 5.04. The van der Waals surface area contributed by atoms with Crippen molar-refractivity contribution >= 4 is 52.1 Å². The summed E-state index contributed by atoms with van der Waals surface area (Å²) in [5.74, 6) is 0.110. The van der Waals surface area contributed by atoms with Crippen LogP contribution in [0.25, 0.3) is 0 Å². The summed E-state index contributed by atoms with van der Waals surface area (Å²) in [6, 6.07) is 13.3. The van der Waals surface area contributed by atoms with Crippen molar-refractivity contribution in [3.8, 4) is 5.75 Å². The highest BCUT2D eigenvalue weighted by molar-refractivity contribution is 7.80. The molecule has 2 amide bonds. The SMILES string of the molecule is C=CCN(C(=S)Nc1ccc(Cl)cc1)C1CC(=O)N(c2ccc(OCCCC)cc2)C1=O. The molecule has 32 heavy (non-hydrogen) atoms. The number of carbonyl (C=O) groups excluding carboxylic acids is 2. The number of halogens is 1. The summed E-state index contributed by atoms with van der Waals surface area (Å²) < 4.78 is 5.66. The Bertz CT molecular complexity index is 979. The van der Waals surface area contributed by atoms with Crippen molar-refractivity contribution < 1.29 is 14.3 Å². The molecule has 0 radical (unpaired) electrons. The van der Waals surface area contributed by atoms with Crippen molar-refractivity contribution in [2.24, 2.45) is 0 Å². The van der Waals surface area contributed by atoms with Crippen LogP contribution in [0.4, 0.5) is 11.4 Å². The molecule has 0 bridgehead atoms. The summed E-state index contributed by atoms with van der Waals surface area (Å²) in [6.07, 6.45) is 3.70. The Labute approximate surface area is 198 Å². The zero-order chi connectivity index (χ0) is 23.1. The molecule has 2 aromatic carbocycles. The Hall–Kier alpha value is -2.90. The van der Waals surface area contributed by atoms with Gasteiger partial charge in [-0.05, 0) is 67.2 Å². The Morgan fingerprint density at radius 1 is 1.25 bits per heavy atom. The predicted octanol–water partition coefficient (Wildman–Crippen LogP) is 5.04. The second kappa shape index (κ2) is 11.1. The number of benzene rings is 2. The van der Waals surface area contributed by atoms with Gasteiger partial charge in [0.15, 0.2) is 5.11 Å². The molecule has 1 aliphatic rings. The molecule has 1 unspecified atom stereocenters. The van der Waals surface area contributed by atoms with Gasteiger partial charge in [-0.1, -0.05) is 31.0 Å². The van der Waals surface area contributed by atoms with Gasteiger partial charge < -0.3 is 15.0 Å². The van der Waals surface area contributed by atoms with Crippen LogP contribution in [0.2, 0.25) is 5.02 Å². The first-order valence-corrected chi connectivity index (χ1v) is 11.3. The Morgan fingerprint density at radius 2 is 1.94 bits per heavy atom. The first kappa shape index (κ1) is 23.8. The van der Waals surface area contributed by atoms with Crippen molar-refractivity contribution in [1.82, 2.24) is 4.90 Å². The van der Waals surface area contributed by atoms with Crippen LogP contribution >= 0.6 is 23.8 Å². The van der Waals surface area contributed by atoms with Gasteiger partial charge in [0.25, 0.3) is 5.91 Å². The predicted molar refractivity (Wildman–Crippen MR) is 132 cm³/mol. The largest absolute Gasteiger partial charge is 0.494 e. The highest BCUT2D eigenvalue weighted by Gasteiger charge is 2.43. The number of thiocarbonyl (C=S) groups is 1. The van der Waals surface area contributed by atoms with Gasteiger partial charge in [0, 0.05) is 17.3 Å². The van der Waals surface area contributed by atoms with Gasteiger partial charge in [-0.25, -0.2) is 4.90 Å². The van der Waals surface area contributed by atoms with Crippen molar-refractivity contribution in [2.75, 3.05) is 23.4 Å². The van der Waals surface area contributed by atoms with Gasteiger partial charge in [0.1, 0.15) is 11.8 Å². The number of imide groups is 1.